The van der Waals surface area contributed by atoms with Crippen molar-refractivity contribution >= 4 is 57.7 Å². The van der Waals surface area contributed by atoms with E-state index in [0.29, 0.717) is 39.3 Å². The fourth-order valence-corrected chi connectivity index (χ4v) is 7.01. The molecule has 2 aromatic heterocycles. The summed E-state index contributed by atoms with van der Waals surface area (Å²) in [6.07, 6.45) is 12.5. The molecule has 4 heterocycles. The number of aromatic nitrogens is 2. The van der Waals surface area contributed by atoms with E-state index in [9.17, 15) is 14.4 Å². The normalized spacial score (nSPS) is 16.0. The highest BCUT2D eigenvalue weighted by molar-refractivity contribution is 8.26. The molecule has 0 unspecified atom stereocenters. The van der Waals surface area contributed by atoms with Crippen LogP contribution in [0.5, 0.6) is 0 Å². The van der Waals surface area contributed by atoms with E-state index in [1.165, 1.54) is 22.9 Å². The quantitative estimate of drug-likeness (QED) is 0.134. The van der Waals surface area contributed by atoms with Crippen LogP contribution in [0.2, 0.25) is 0 Å². The number of fused-ring (bicyclic) bond motifs is 2. The van der Waals surface area contributed by atoms with Gasteiger partial charge in [-0.2, -0.15) is 0 Å². The summed E-state index contributed by atoms with van der Waals surface area (Å²) in [4.78, 5) is 47.2. The summed E-state index contributed by atoms with van der Waals surface area (Å²) in [6.45, 7) is 3.88. The van der Waals surface area contributed by atoms with Gasteiger partial charge in [0.2, 0.25) is 0 Å². The first kappa shape index (κ1) is 30.9. The fourth-order valence-electron chi connectivity index (χ4n) is 5.72. The van der Waals surface area contributed by atoms with E-state index < -0.39 is 5.97 Å². The second kappa shape index (κ2) is 14.3. The summed E-state index contributed by atoms with van der Waals surface area (Å²) in [5, 5.41) is 8.72. The molecule has 0 saturated carbocycles. The molecule has 1 amide bonds. The van der Waals surface area contributed by atoms with E-state index in [2.05, 4.69) is 23.1 Å². The average Bonchev–Trinajstić information content (AvgIpc) is 3.26. The summed E-state index contributed by atoms with van der Waals surface area (Å²) < 4.78 is 2.09. The van der Waals surface area contributed by atoms with E-state index in [1.54, 1.807) is 21.6 Å². The van der Waals surface area contributed by atoms with Crippen LogP contribution in [0.4, 0.5) is 5.82 Å². The van der Waals surface area contributed by atoms with Gasteiger partial charge in [0.05, 0.1) is 10.5 Å². The van der Waals surface area contributed by atoms with Crippen molar-refractivity contribution in [1.29, 1.82) is 0 Å². The lowest BCUT2D eigenvalue weighted by Gasteiger charge is -2.30. The predicted octanol–water partition coefficient (Wildman–Crippen LogP) is 6.36. The van der Waals surface area contributed by atoms with Gasteiger partial charge in [0, 0.05) is 32.3 Å². The maximum absolute atomic E-state index is 13.9. The number of amides is 1. The van der Waals surface area contributed by atoms with Gasteiger partial charge in [0.25, 0.3) is 11.5 Å². The SMILES string of the molecule is Cc1ccc2nc(N3CCc4ccccc4C3)c(/C=C3/SC(=S)N(CCCCCCCCCCC(=O)O)C3=O)c(=O)n2c1. The zero-order chi connectivity index (χ0) is 30.3. The van der Waals surface area contributed by atoms with Gasteiger partial charge < -0.3 is 10.0 Å². The number of thioether (sulfide) groups is 1. The average molecular weight is 619 g/mol. The third-order valence-corrected chi connectivity index (χ3v) is 9.46. The first-order chi connectivity index (χ1) is 20.8. The van der Waals surface area contributed by atoms with Gasteiger partial charge in [0.15, 0.2) is 0 Å². The maximum Gasteiger partial charge on any atom is 0.303 e. The van der Waals surface area contributed by atoms with Gasteiger partial charge in [-0.25, -0.2) is 4.98 Å². The van der Waals surface area contributed by atoms with E-state index in [-0.39, 0.29) is 17.9 Å². The monoisotopic (exact) mass is 618 g/mol. The molecule has 1 saturated heterocycles. The number of hydrogen-bond donors (Lipinski definition) is 1. The van der Waals surface area contributed by atoms with Crippen LogP contribution in [0.1, 0.15) is 80.0 Å². The summed E-state index contributed by atoms with van der Waals surface area (Å²) in [5.41, 5.74) is 4.27. The number of benzene rings is 1. The molecular formula is C33H38N4O4S2. The number of thiocarbonyl (C=S) groups is 1. The Morgan fingerprint density at radius 1 is 1.00 bits per heavy atom. The minimum Gasteiger partial charge on any atom is -0.481 e. The maximum atomic E-state index is 13.9. The smallest absolute Gasteiger partial charge is 0.303 e. The molecule has 1 fully saturated rings. The van der Waals surface area contributed by atoms with Crippen LogP contribution in [-0.2, 0) is 22.6 Å². The standard InChI is InChI=1S/C33H38N4O4S2/c1-23-15-16-28-34-30(35-19-17-24-12-9-10-13-25(24)22-35)26(31(40)37(28)21-23)20-27-32(41)36(33(42)43-27)18-11-7-5-3-2-4-6-8-14-29(38)39/h9-10,12-13,15-16,20-21H,2-8,11,14,17-19,22H2,1H3,(H,38,39)/b27-20+. The molecule has 1 N–H and O–H groups in total. The number of unbranched alkanes of at least 4 members (excludes halogenated alkanes) is 7. The molecule has 0 radical (unpaired) electrons. The Hall–Kier alpha value is -3.50. The number of hydrogen-bond acceptors (Lipinski definition) is 7. The van der Waals surface area contributed by atoms with Crippen LogP contribution in [0.3, 0.4) is 0 Å². The first-order valence-electron chi connectivity index (χ1n) is 15.1. The number of carboxylic acids is 1. The minimum absolute atomic E-state index is 0.155. The molecule has 0 spiro atoms. The number of carbonyl (C=O) groups excluding carboxylic acids is 1. The number of aliphatic carboxylic acids is 1. The van der Waals surface area contributed by atoms with Crippen molar-refractivity contribution in [3.63, 3.8) is 0 Å². The molecule has 2 aliphatic rings. The molecule has 8 nitrogen and oxygen atoms in total. The van der Waals surface area contributed by atoms with Gasteiger partial charge >= 0.3 is 5.97 Å². The van der Waals surface area contributed by atoms with Gasteiger partial charge in [-0.3, -0.25) is 23.7 Å². The molecule has 1 aromatic carbocycles. The number of rotatable bonds is 13. The molecule has 226 valence electrons. The molecule has 2 aliphatic heterocycles. The summed E-state index contributed by atoms with van der Waals surface area (Å²) in [6, 6.07) is 12.2. The molecule has 0 bridgehead atoms. The fraction of sp³-hybridized carbons (Fsp3) is 0.424. The number of carbonyl (C=O) groups is 2. The van der Waals surface area contributed by atoms with Crippen molar-refractivity contribution in [2.24, 2.45) is 0 Å². The lowest BCUT2D eigenvalue weighted by atomic mass is 9.99. The van der Waals surface area contributed by atoms with Gasteiger partial charge in [-0.15, -0.1) is 0 Å². The topological polar surface area (TPSA) is 95.2 Å². The zero-order valence-electron chi connectivity index (χ0n) is 24.6. The van der Waals surface area contributed by atoms with Crippen LogP contribution in [0.15, 0.2) is 52.3 Å². The molecule has 3 aromatic rings. The molecule has 0 aliphatic carbocycles. The van der Waals surface area contributed by atoms with Crippen molar-refractivity contribution in [2.75, 3.05) is 18.0 Å². The Bertz CT molecular complexity index is 1620. The van der Waals surface area contributed by atoms with E-state index in [1.807, 2.05) is 25.1 Å². The third kappa shape index (κ3) is 7.54. The molecular weight excluding hydrogens is 581 g/mol. The second-order valence-corrected chi connectivity index (χ2v) is 13.0. The Kier molecular flexibility index (Phi) is 10.3. The summed E-state index contributed by atoms with van der Waals surface area (Å²) in [5.74, 6) is -0.288. The van der Waals surface area contributed by atoms with E-state index in [4.69, 9.17) is 22.3 Å². The highest BCUT2D eigenvalue weighted by Crippen LogP contribution is 2.34. The highest BCUT2D eigenvalue weighted by Gasteiger charge is 2.33. The van der Waals surface area contributed by atoms with E-state index in [0.717, 1.165) is 69.9 Å². The van der Waals surface area contributed by atoms with Gasteiger partial charge in [0.1, 0.15) is 15.8 Å². The predicted molar refractivity (Wildman–Crippen MR) is 176 cm³/mol. The van der Waals surface area contributed by atoms with Crippen LogP contribution >= 0.6 is 24.0 Å². The Morgan fingerprint density at radius 3 is 2.44 bits per heavy atom. The van der Waals surface area contributed by atoms with Crippen LogP contribution in [-0.4, -0.2) is 48.7 Å². The van der Waals surface area contributed by atoms with Crippen LogP contribution in [0.25, 0.3) is 11.7 Å². The van der Waals surface area contributed by atoms with Gasteiger partial charge in [-0.05, 0) is 55.0 Å². The van der Waals surface area contributed by atoms with Crippen LogP contribution < -0.4 is 10.5 Å². The Morgan fingerprint density at radius 2 is 1.70 bits per heavy atom. The van der Waals surface area contributed by atoms with Crippen molar-refractivity contribution in [2.45, 2.75) is 77.7 Å². The Labute approximate surface area is 261 Å². The number of anilines is 1. The third-order valence-electron chi connectivity index (χ3n) is 8.09. The number of aryl methyl sites for hydroxylation is 1. The van der Waals surface area contributed by atoms with Crippen molar-refractivity contribution in [1.82, 2.24) is 14.3 Å². The highest BCUT2D eigenvalue weighted by atomic mass is 32.2. The largest absolute Gasteiger partial charge is 0.481 e. The number of nitrogens with zero attached hydrogens (tertiary/aromatic N) is 4. The van der Waals surface area contributed by atoms with Crippen molar-refractivity contribution in [3.05, 3.63) is 80.1 Å². The summed E-state index contributed by atoms with van der Waals surface area (Å²) >= 11 is 6.85. The molecule has 43 heavy (non-hydrogen) atoms. The van der Waals surface area contributed by atoms with Crippen molar-refractivity contribution in [3.8, 4) is 0 Å². The minimum atomic E-state index is -0.726. The first-order valence-corrected chi connectivity index (χ1v) is 16.4. The van der Waals surface area contributed by atoms with Crippen LogP contribution in [0, 0.1) is 6.92 Å². The second-order valence-electron chi connectivity index (χ2n) is 11.3. The summed E-state index contributed by atoms with van der Waals surface area (Å²) in [7, 11) is 0. The number of pyridine rings is 1. The number of carboxylic acid groups (broad SMARTS) is 1. The lowest BCUT2D eigenvalue weighted by molar-refractivity contribution is -0.137. The molecule has 10 heteroatoms. The van der Waals surface area contributed by atoms with Gasteiger partial charge in [-0.1, -0.05) is 92.8 Å². The molecule has 5 rings (SSSR count). The lowest BCUT2D eigenvalue weighted by Crippen LogP contribution is -2.34. The molecule has 0 atom stereocenters. The van der Waals surface area contributed by atoms with Crippen molar-refractivity contribution < 1.29 is 14.7 Å². The Balaban J connectivity index is 1.28. The van der Waals surface area contributed by atoms with E-state index >= 15 is 0 Å². The zero-order valence-corrected chi connectivity index (χ0v) is 26.2.